The Morgan fingerprint density at radius 3 is 2.86 bits per heavy atom. The summed E-state index contributed by atoms with van der Waals surface area (Å²) in [5.74, 6) is 2.74. The lowest BCUT2D eigenvalue weighted by molar-refractivity contribution is 0.136. The van der Waals surface area contributed by atoms with Gasteiger partial charge in [-0.05, 0) is 25.2 Å². The molecule has 0 aliphatic heterocycles. The van der Waals surface area contributed by atoms with Crippen LogP contribution in [0.3, 0.4) is 0 Å². The zero-order valence-corrected chi connectivity index (χ0v) is 9.17. The monoisotopic (exact) mass is 193 g/mol. The third kappa shape index (κ3) is 1.82. The van der Waals surface area contributed by atoms with Crippen LogP contribution in [0.5, 0.6) is 0 Å². The van der Waals surface area contributed by atoms with Crippen LogP contribution in [-0.4, -0.2) is 16.0 Å². The number of aromatic amines is 1. The van der Waals surface area contributed by atoms with Crippen LogP contribution in [0.2, 0.25) is 0 Å². The molecule has 0 radical (unpaired) electrons. The summed E-state index contributed by atoms with van der Waals surface area (Å²) < 4.78 is 0. The van der Waals surface area contributed by atoms with Crippen LogP contribution in [0.15, 0.2) is 6.20 Å². The third-order valence-corrected chi connectivity index (χ3v) is 3.45. The van der Waals surface area contributed by atoms with Gasteiger partial charge in [0.05, 0.1) is 6.54 Å². The van der Waals surface area contributed by atoms with Crippen molar-refractivity contribution >= 4 is 0 Å². The highest BCUT2D eigenvalue weighted by molar-refractivity contribution is 4.99. The van der Waals surface area contributed by atoms with Gasteiger partial charge in [0.2, 0.25) is 0 Å². The average Bonchev–Trinajstić information content (AvgIpc) is 2.58. The molecule has 1 aliphatic rings. The van der Waals surface area contributed by atoms with Gasteiger partial charge in [0.15, 0.2) is 0 Å². The van der Waals surface area contributed by atoms with Gasteiger partial charge < -0.3 is 10.3 Å². The number of aryl methyl sites for hydroxylation is 1. The standard InChI is InChI=1S/C11H19N3/c1-7-4-10(9(7)3)12-6-11-13-5-8(2)14-11/h5,7,9-10,12H,4,6H2,1-3H3,(H,13,14). The fraction of sp³-hybridized carbons (Fsp3) is 0.727. The molecule has 0 bridgehead atoms. The fourth-order valence-electron chi connectivity index (χ4n) is 2.08. The number of rotatable bonds is 3. The Morgan fingerprint density at radius 1 is 1.57 bits per heavy atom. The van der Waals surface area contributed by atoms with Gasteiger partial charge in [0, 0.05) is 17.9 Å². The van der Waals surface area contributed by atoms with Gasteiger partial charge in [-0.15, -0.1) is 0 Å². The van der Waals surface area contributed by atoms with Gasteiger partial charge in [0.25, 0.3) is 0 Å². The van der Waals surface area contributed by atoms with Crippen molar-refractivity contribution < 1.29 is 0 Å². The first kappa shape index (κ1) is 9.71. The van der Waals surface area contributed by atoms with E-state index in [9.17, 15) is 0 Å². The molecule has 78 valence electrons. The molecule has 0 aromatic carbocycles. The highest BCUT2D eigenvalue weighted by Crippen LogP contribution is 2.33. The Labute approximate surface area is 85.3 Å². The predicted octanol–water partition coefficient (Wildman–Crippen LogP) is 1.85. The second kappa shape index (κ2) is 3.73. The van der Waals surface area contributed by atoms with Crippen molar-refractivity contribution in [3.8, 4) is 0 Å². The van der Waals surface area contributed by atoms with Crippen LogP contribution in [0.1, 0.15) is 31.8 Å². The van der Waals surface area contributed by atoms with Crippen LogP contribution < -0.4 is 5.32 Å². The van der Waals surface area contributed by atoms with E-state index in [1.807, 2.05) is 13.1 Å². The van der Waals surface area contributed by atoms with E-state index in [0.717, 1.165) is 29.9 Å². The quantitative estimate of drug-likeness (QED) is 0.769. The highest BCUT2D eigenvalue weighted by Gasteiger charge is 2.33. The molecule has 1 heterocycles. The first-order valence-electron chi connectivity index (χ1n) is 5.40. The lowest BCUT2D eigenvalue weighted by atomic mass is 9.71. The number of aromatic nitrogens is 2. The maximum atomic E-state index is 4.27. The van der Waals surface area contributed by atoms with Crippen molar-refractivity contribution in [3.05, 3.63) is 17.7 Å². The molecule has 1 fully saturated rings. The summed E-state index contributed by atoms with van der Waals surface area (Å²) in [5, 5.41) is 3.54. The van der Waals surface area contributed by atoms with E-state index in [1.54, 1.807) is 0 Å². The first-order valence-corrected chi connectivity index (χ1v) is 5.40. The Bertz CT molecular complexity index is 305. The van der Waals surface area contributed by atoms with Crippen molar-refractivity contribution in [2.75, 3.05) is 0 Å². The zero-order chi connectivity index (χ0) is 10.1. The molecule has 1 aromatic rings. The van der Waals surface area contributed by atoms with Gasteiger partial charge in [-0.3, -0.25) is 0 Å². The Morgan fingerprint density at radius 2 is 2.36 bits per heavy atom. The molecule has 0 saturated heterocycles. The van der Waals surface area contributed by atoms with Crippen molar-refractivity contribution in [3.63, 3.8) is 0 Å². The number of nitrogens with zero attached hydrogens (tertiary/aromatic N) is 1. The molecule has 3 unspecified atom stereocenters. The molecular weight excluding hydrogens is 174 g/mol. The maximum absolute atomic E-state index is 4.27. The Kier molecular flexibility index (Phi) is 2.59. The molecule has 1 aromatic heterocycles. The second-order valence-corrected chi connectivity index (χ2v) is 4.57. The van der Waals surface area contributed by atoms with E-state index in [2.05, 4.69) is 29.1 Å². The van der Waals surface area contributed by atoms with Crippen molar-refractivity contribution in [2.24, 2.45) is 11.8 Å². The van der Waals surface area contributed by atoms with Crippen LogP contribution >= 0.6 is 0 Å². The van der Waals surface area contributed by atoms with Crippen molar-refractivity contribution in [2.45, 2.75) is 39.8 Å². The van der Waals surface area contributed by atoms with Crippen LogP contribution in [0.4, 0.5) is 0 Å². The van der Waals surface area contributed by atoms with Gasteiger partial charge in [-0.1, -0.05) is 13.8 Å². The summed E-state index contributed by atoms with van der Waals surface area (Å²) in [5.41, 5.74) is 1.14. The van der Waals surface area contributed by atoms with E-state index >= 15 is 0 Å². The van der Waals surface area contributed by atoms with Gasteiger partial charge in [-0.25, -0.2) is 4.98 Å². The second-order valence-electron chi connectivity index (χ2n) is 4.57. The summed E-state index contributed by atoms with van der Waals surface area (Å²) in [4.78, 5) is 7.50. The average molecular weight is 193 g/mol. The van der Waals surface area contributed by atoms with Crippen LogP contribution in [-0.2, 0) is 6.54 Å². The fourth-order valence-corrected chi connectivity index (χ4v) is 2.08. The lowest BCUT2D eigenvalue weighted by Gasteiger charge is -2.41. The summed E-state index contributed by atoms with van der Waals surface area (Å²) in [6.45, 7) is 7.54. The van der Waals surface area contributed by atoms with E-state index in [4.69, 9.17) is 0 Å². The minimum atomic E-state index is 0.690. The number of imidazole rings is 1. The number of nitrogens with one attached hydrogen (secondary N) is 2. The first-order chi connectivity index (χ1) is 6.66. The van der Waals surface area contributed by atoms with Gasteiger partial charge in [0.1, 0.15) is 5.82 Å². The van der Waals surface area contributed by atoms with Crippen LogP contribution in [0, 0.1) is 18.8 Å². The molecular formula is C11H19N3. The molecule has 1 aliphatic carbocycles. The lowest BCUT2D eigenvalue weighted by Crippen LogP contribution is -2.47. The number of H-pyrrole nitrogens is 1. The highest BCUT2D eigenvalue weighted by atomic mass is 15.0. The zero-order valence-electron chi connectivity index (χ0n) is 9.17. The molecule has 0 amide bonds. The molecule has 3 nitrogen and oxygen atoms in total. The van der Waals surface area contributed by atoms with E-state index in [1.165, 1.54) is 6.42 Å². The van der Waals surface area contributed by atoms with E-state index < -0.39 is 0 Å². The summed E-state index contributed by atoms with van der Waals surface area (Å²) in [6, 6.07) is 0.690. The maximum Gasteiger partial charge on any atom is 0.120 e. The molecule has 3 heteroatoms. The largest absolute Gasteiger partial charge is 0.345 e. The normalized spacial score (nSPS) is 31.5. The summed E-state index contributed by atoms with van der Waals surface area (Å²) in [6.07, 6.45) is 3.19. The molecule has 2 N–H and O–H groups in total. The molecule has 3 atom stereocenters. The van der Waals surface area contributed by atoms with E-state index in [-0.39, 0.29) is 0 Å². The van der Waals surface area contributed by atoms with Gasteiger partial charge >= 0.3 is 0 Å². The summed E-state index contributed by atoms with van der Waals surface area (Å²) in [7, 11) is 0. The minimum absolute atomic E-state index is 0.690. The topological polar surface area (TPSA) is 40.7 Å². The smallest absolute Gasteiger partial charge is 0.120 e. The predicted molar refractivity (Wildman–Crippen MR) is 56.9 cm³/mol. The van der Waals surface area contributed by atoms with Crippen molar-refractivity contribution in [1.82, 2.24) is 15.3 Å². The third-order valence-electron chi connectivity index (χ3n) is 3.45. The molecule has 14 heavy (non-hydrogen) atoms. The van der Waals surface area contributed by atoms with Crippen LogP contribution in [0.25, 0.3) is 0 Å². The number of hydrogen-bond donors (Lipinski definition) is 2. The summed E-state index contributed by atoms with van der Waals surface area (Å²) >= 11 is 0. The molecule has 2 rings (SSSR count). The van der Waals surface area contributed by atoms with Gasteiger partial charge in [-0.2, -0.15) is 0 Å². The molecule has 0 spiro atoms. The van der Waals surface area contributed by atoms with E-state index in [0.29, 0.717) is 6.04 Å². The number of hydrogen-bond acceptors (Lipinski definition) is 2. The molecule has 1 saturated carbocycles. The SMILES string of the molecule is Cc1cnc(CNC2CC(C)C2C)[nH]1. The Hall–Kier alpha value is -0.830. The minimum Gasteiger partial charge on any atom is -0.345 e. The Balaban J connectivity index is 1.78. The van der Waals surface area contributed by atoms with Crippen molar-refractivity contribution in [1.29, 1.82) is 0 Å².